The standard InChI is InChI=1S/C22H21N3O4/c1-26-14-7-8-16-17(12-14)25-22(24-16)15-6-5-9-23-20(15)13-10-18(27-2)21(29-4)19(11-13)28-3/h5-12H,1-4H3,(H,24,25). The molecule has 4 aromatic rings. The third-order valence-corrected chi connectivity index (χ3v) is 4.69. The van der Waals surface area contributed by atoms with Crippen LogP contribution in [0.25, 0.3) is 33.7 Å². The highest BCUT2D eigenvalue weighted by Gasteiger charge is 2.18. The van der Waals surface area contributed by atoms with Crippen LogP contribution in [0.1, 0.15) is 0 Å². The number of benzene rings is 2. The van der Waals surface area contributed by atoms with Gasteiger partial charge in [-0.15, -0.1) is 0 Å². The molecule has 0 radical (unpaired) electrons. The Morgan fingerprint density at radius 3 is 2.24 bits per heavy atom. The number of rotatable bonds is 6. The number of aromatic nitrogens is 3. The molecule has 0 bridgehead atoms. The number of H-pyrrole nitrogens is 1. The lowest BCUT2D eigenvalue weighted by Crippen LogP contribution is -1.97. The number of methoxy groups -OCH3 is 4. The molecular formula is C22H21N3O4. The first kappa shape index (κ1) is 18.6. The Balaban J connectivity index is 1.88. The lowest BCUT2D eigenvalue weighted by atomic mass is 10.0. The zero-order chi connectivity index (χ0) is 20.4. The van der Waals surface area contributed by atoms with Crippen molar-refractivity contribution in [1.82, 2.24) is 15.0 Å². The normalized spacial score (nSPS) is 10.8. The Morgan fingerprint density at radius 2 is 1.59 bits per heavy atom. The Labute approximate surface area is 168 Å². The van der Waals surface area contributed by atoms with Crippen LogP contribution in [0.5, 0.6) is 23.0 Å². The molecule has 0 spiro atoms. The van der Waals surface area contributed by atoms with Crippen LogP contribution in [0.2, 0.25) is 0 Å². The van der Waals surface area contributed by atoms with E-state index in [9.17, 15) is 0 Å². The molecule has 7 heteroatoms. The third kappa shape index (κ3) is 3.31. The van der Waals surface area contributed by atoms with E-state index in [1.807, 2.05) is 42.5 Å². The van der Waals surface area contributed by atoms with E-state index in [1.54, 1.807) is 34.6 Å². The molecule has 0 saturated heterocycles. The van der Waals surface area contributed by atoms with E-state index in [0.29, 0.717) is 23.1 Å². The van der Waals surface area contributed by atoms with Crippen LogP contribution in [0, 0.1) is 0 Å². The Kier molecular flexibility index (Phi) is 4.95. The van der Waals surface area contributed by atoms with E-state index < -0.39 is 0 Å². The van der Waals surface area contributed by atoms with Crippen LogP contribution in [0.15, 0.2) is 48.7 Å². The monoisotopic (exact) mass is 391 g/mol. The molecule has 7 nitrogen and oxygen atoms in total. The molecular weight excluding hydrogens is 370 g/mol. The quantitative estimate of drug-likeness (QED) is 0.527. The molecule has 0 amide bonds. The molecule has 2 aromatic carbocycles. The van der Waals surface area contributed by atoms with E-state index in [2.05, 4.69) is 9.97 Å². The first-order valence-corrected chi connectivity index (χ1v) is 8.98. The fraction of sp³-hybridized carbons (Fsp3) is 0.182. The maximum absolute atomic E-state index is 5.49. The van der Waals surface area contributed by atoms with E-state index in [1.165, 1.54) is 0 Å². The summed E-state index contributed by atoms with van der Waals surface area (Å²) in [6.07, 6.45) is 1.74. The lowest BCUT2D eigenvalue weighted by molar-refractivity contribution is 0.324. The van der Waals surface area contributed by atoms with Gasteiger partial charge in [0.2, 0.25) is 5.75 Å². The first-order chi connectivity index (χ1) is 14.2. The lowest BCUT2D eigenvalue weighted by Gasteiger charge is -2.15. The molecule has 29 heavy (non-hydrogen) atoms. The average Bonchev–Trinajstić information content (AvgIpc) is 3.21. The zero-order valence-electron chi connectivity index (χ0n) is 16.6. The van der Waals surface area contributed by atoms with Gasteiger partial charge in [-0.2, -0.15) is 0 Å². The Bertz CT molecular complexity index is 1140. The number of nitrogens with one attached hydrogen (secondary N) is 1. The number of nitrogens with zero attached hydrogens (tertiary/aromatic N) is 2. The van der Waals surface area contributed by atoms with Gasteiger partial charge in [-0.1, -0.05) is 0 Å². The van der Waals surface area contributed by atoms with Crippen LogP contribution in [-0.2, 0) is 0 Å². The van der Waals surface area contributed by atoms with Gasteiger partial charge in [0.05, 0.1) is 45.2 Å². The third-order valence-electron chi connectivity index (χ3n) is 4.69. The van der Waals surface area contributed by atoms with Gasteiger partial charge in [0.25, 0.3) is 0 Å². The second-order valence-corrected chi connectivity index (χ2v) is 6.28. The molecule has 0 saturated carbocycles. The Hall–Kier alpha value is -3.74. The molecule has 0 fully saturated rings. The average molecular weight is 391 g/mol. The van der Waals surface area contributed by atoms with Crippen molar-refractivity contribution in [2.24, 2.45) is 0 Å². The molecule has 1 N–H and O–H groups in total. The minimum atomic E-state index is 0.534. The predicted octanol–water partition coefficient (Wildman–Crippen LogP) is 4.33. The van der Waals surface area contributed by atoms with Gasteiger partial charge in [0, 0.05) is 23.4 Å². The van der Waals surface area contributed by atoms with Crippen LogP contribution < -0.4 is 18.9 Å². The van der Waals surface area contributed by atoms with Gasteiger partial charge in [0.1, 0.15) is 11.6 Å². The molecule has 2 heterocycles. The highest BCUT2D eigenvalue weighted by atomic mass is 16.5. The molecule has 0 aliphatic heterocycles. The number of aromatic amines is 1. The molecule has 0 aliphatic carbocycles. The maximum Gasteiger partial charge on any atom is 0.203 e. The molecule has 0 unspecified atom stereocenters. The summed E-state index contributed by atoms with van der Waals surface area (Å²) in [5.41, 5.74) is 4.17. The summed E-state index contributed by atoms with van der Waals surface area (Å²) in [5, 5.41) is 0. The van der Waals surface area contributed by atoms with Crippen molar-refractivity contribution < 1.29 is 18.9 Å². The molecule has 0 aliphatic rings. The zero-order valence-corrected chi connectivity index (χ0v) is 16.6. The van der Waals surface area contributed by atoms with E-state index >= 15 is 0 Å². The SMILES string of the molecule is COc1ccc2nc(-c3cccnc3-c3cc(OC)c(OC)c(OC)c3)[nH]c2c1. The predicted molar refractivity (Wildman–Crippen MR) is 111 cm³/mol. The number of imidazole rings is 1. The van der Waals surface area contributed by atoms with Crippen LogP contribution in [0.4, 0.5) is 0 Å². The topological polar surface area (TPSA) is 78.5 Å². The fourth-order valence-corrected chi connectivity index (χ4v) is 3.29. The summed E-state index contributed by atoms with van der Waals surface area (Å²) in [6, 6.07) is 13.3. The number of fused-ring (bicyclic) bond motifs is 1. The van der Waals surface area contributed by atoms with Crippen molar-refractivity contribution in [2.75, 3.05) is 28.4 Å². The van der Waals surface area contributed by atoms with Crippen LogP contribution in [-0.4, -0.2) is 43.4 Å². The summed E-state index contributed by atoms with van der Waals surface area (Å²) in [7, 11) is 6.40. The maximum atomic E-state index is 5.49. The summed E-state index contributed by atoms with van der Waals surface area (Å²) < 4.78 is 21.7. The van der Waals surface area contributed by atoms with Crippen LogP contribution in [0.3, 0.4) is 0 Å². The number of ether oxygens (including phenoxy) is 4. The summed E-state index contributed by atoms with van der Waals surface area (Å²) >= 11 is 0. The number of pyridine rings is 1. The number of hydrogen-bond donors (Lipinski definition) is 1. The van der Waals surface area contributed by atoms with E-state index in [-0.39, 0.29) is 0 Å². The van der Waals surface area contributed by atoms with Crippen molar-refractivity contribution in [3.63, 3.8) is 0 Å². The van der Waals surface area contributed by atoms with Gasteiger partial charge >= 0.3 is 0 Å². The summed E-state index contributed by atoms with van der Waals surface area (Å²) in [6.45, 7) is 0. The molecule has 2 aromatic heterocycles. The number of hydrogen-bond acceptors (Lipinski definition) is 6. The van der Waals surface area contributed by atoms with Gasteiger partial charge in [-0.25, -0.2) is 4.98 Å². The van der Waals surface area contributed by atoms with Crippen molar-refractivity contribution in [1.29, 1.82) is 0 Å². The van der Waals surface area contributed by atoms with Gasteiger partial charge in [-0.05, 0) is 36.4 Å². The second-order valence-electron chi connectivity index (χ2n) is 6.28. The largest absolute Gasteiger partial charge is 0.497 e. The highest BCUT2D eigenvalue weighted by Crippen LogP contribution is 2.42. The van der Waals surface area contributed by atoms with Gasteiger partial charge < -0.3 is 23.9 Å². The van der Waals surface area contributed by atoms with Crippen molar-refractivity contribution >= 4 is 11.0 Å². The second kappa shape index (κ2) is 7.71. The van der Waals surface area contributed by atoms with Gasteiger partial charge in [0.15, 0.2) is 11.5 Å². The molecule has 148 valence electrons. The summed E-state index contributed by atoms with van der Waals surface area (Å²) in [4.78, 5) is 12.7. The van der Waals surface area contributed by atoms with Crippen molar-refractivity contribution in [3.05, 3.63) is 48.7 Å². The van der Waals surface area contributed by atoms with Gasteiger partial charge in [-0.3, -0.25) is 4.98 Å². The Morgan fingerprint density at radius 1 is 0.828 bits per heavy atom. The smallest absolute Gasteiger partial charge is 0.203 e. The van der Waals surface area contributed by atoms with Crippen LogP contribution >= 0.6 is 0 Å². The molecule has 0 atom stereocenters. The molecule has 4 rings (SSSR count). The van der Waals surface area contributed by atoms with E-state index in [4.69, 9.17) is 23.9 Å². The minimum Gasteiger partial charge on any atom is -0.497 e. The fourth-order valence-electron chi connectivity index (χ4n) is 3.29. The van der Waals surface area contributed by atoms with Crippen molar-refractivity contribution in [2.45, 2.75) is 0 Å². The van der Waals surface area contributed by atoms with Crippen molar-refractivity contribution in [3.8, 4) is 45.6 Å². The van der Waals surface area contributed by atoms with E-state index in [0.717, 1.165) is 33.6 Å². The summed E-state index contributed by atoms with van der Waals surface area (Å²) in [5.74, 6) is 3.14. The minimum absolute atomic E-state index is 0.534. The highest BCUT2D eigenvalue weighted by molar-refractivity contribution is 5.85. The first-order valence-electron chi connectivity index (χ1n) is 8.98.